The summed E-state index contributed by atoms with van der Waals surface area (Å²) in [4.78, 5) is 14.5. The molecule has 0 aliphatic heterocycles. The number of carboxylic acid groups (broad SMARTS) is 1. The molecule has 0 aliphatic carbocycles. The van der Waals surface area contributed by atoms with Gasteiger partial charge in [0.2, 0.25) is 0 Å². The van der Waals surface area contributed by atoms with E-state index in [0.717, 1.165) is 5.56 Å². The Kier molecular flexibility index (Phi) is 2.95. The van der Waals surface area contributed by atoms with Crippen LogP contribution >= 0.6 is 0 Å². The minimum absolute atomic E-state index is 0.148. The van der Waals surface area contributed by atoms with E-state index >= 15 is 0 Å². The van der Waals surface area contributed by atoms with Gasteiger partial charge < -0.3 is 5.11 Å². The van der Waals surface area contributed by atoms with E-state index in [9.17, 15) is 4.79 Å². The third-order valence-electron chi connectivity index (χ3n) is 2.10. The second kappa shape index (κ2) is 4.57. The van der Waals surface area contributed by atoms with Crippen LogP contribution in [-0.4, -0.2) is 26.3 Å². The van der Waals surface area contributed by atoms with Gasteiger partial charge in [-0.3, -0.25) is 9.89 Å². The molecule has 0 fully saturated rings. The zero-order valence-corrected chi connectivity index (χ0v) is 8.55. The van der Waals surface area contributed by atoms with Crippen LogP contribution in [-0.2, 0) is 17.6 Å². The van der Waals surface area contributed by atoms with Gasteiger partial charge in [0.25, 0.3) is 0 Å². The number of H-pyrrole nitrogens is 1. The summed E-state index contributed by atoms with van der Waals surface area (Å²) in [5.41, 5.74) is 1.11. The third kappa shape index (κ3) is 2.66. The molecule has 0 unspecified atom stereocenters. The van der Waals surface area contributed by atoms with E-state index in [1.165, 1.54) is 0 Å². The number of hydrogen-bond donors (Lipinski definition) is 2. The summed E-state index contributed by atoms with van der Waals surface area (Å²) in [6.45, 7) is 0. The molecule has 82 valence electrons. The number of aromatic amines is 1. The van der Waals surface area contributed by atoms with Crippen LogP contribution < -0.4 is 0 Å². The van der Waals surface area contributed by atoms with Gasteiger partial charge in [0, 0.05) is 6.42 Å². The topological polar surface area (TPSA) is 78.9 Å². The first-order chi connectivity index (χ1) is 7.74. The van der Waals surface area contributed by atoms with Crippen LogP contribution in [0.2, 0.25) is 0 Å². The van der Waals surface area contributed by atoms with Crippen molar-refractivity contribution in [3.05, 3.63) is 47.5 Å². The maximum atomic E-state index is 10.4. The van der Waals surface area contributed by atoms with Crippen molar-refractivity contribution in [3.8, 4) is 0 Å². The highest BCUT2D eigenvalue weighted by molar-refractivity contribution is 5.68. The third-order valence-corrected chi connectivity index (χ3v) is 2.10. The van der Waals surface area contributed by atoms with E-state index in [4.69, 9.17) is 5.11 Å². The predicted molar refractivity (Wildman–Crippen MR) is 57.0 cm³/mol. The number of hydrogen-bond acceptors (Lipinski definition) is 3. The van der Waals surface area contributed by atoms with Crippen molar-refractivity contribution in [2.45, 2.75) is 12.8 Å². The standard InChI is InChI=1S/C11H11N3O2/c15-11(16)7-10-12-9(13-14-10)6-8-4-2-1-3-5-8/h1-5H,6-7H2,(H,15,16)(H,12,13,14). The SMILES string of the molecule is O=C(O)Cc1n[nH]c(Cc2ccccc2)n1. The van der Waals surface area contributed by atoms with E-state index in [-0.39, 0.29) is 6.42 Å². The first kappa shape index (κ1) is 10.4. The molecule has 0 spiro atoms. The van der Waals surface area contributed by atoms with E-state index in [1.807, 2.05) is 30.3 Å². The van der Waals surface area contributed by atoms with Crippen LogP contribution in [0.4, 0.5) is 0 Å². The fourth-order valence-electron chi connectivity index (χ4n) is 1.42. The van der Waals surface area contributed by atoms with Crippen LogP contribution in [0.25, 0.3) is 0 Å². The summed E-state index contributed by atoms with van der Waals surface area (Å²) in [6.07, 6.45) is 0.485. The van der Waals surface area contributed by atoms with Crippen LogP contribution in [0.15, 0.2) is 30.3 Å². The number of carboxylic acids is 1. The molecule has 0 aliphatic rings. The van der Waals surface area contributed by atoms with Gasteiger partial charge in [0.1, 0.15) is 12.2 Å². The predicted octanol–water partition coefficient (Wildman–Crippen LogP) is 1.02. The van der Waals surface area contributed by atoms with Gasteiger partial charge in [-0.25, -0.2) is 4.98 Å². The van der Waals surface area contributed by atoms with Crippen molar-refractivity contribution >= 4 is 5.97 Å². The molecule has 0 amide bonds. The average Bonchev–Trinajstić information content (AvgIpc) is 2.66. The van der Waals surface area contributed by atoms with Gasteiger partial charge in [-0.15, -0.1) is 0 Å². The molecule has 16 heavy (non-hydrogen) atoms. The fraction of sp³-hybridized carbons (Fsp3) is 0.182. The molecular formula is C11H11N3O2. The second-order valence-electron chi connectivity index (χ2n) is 3.43. The Hall–Kier alpha value is -2.17. The summed E-state index contributed by atoms with van der Waals surface area (Å²) in [5.74, 6) is 0.0751. The lowest BCUT2D eigenvalue weighted by atomic mass is 10.1. The number of nitrogens with zero attached hydrogens (tertiary/aromatic N) is 2. The molecule has 0 bridgehead atoms. The molecule has 2 N–H and O–H groups in total. The summed E-state index contributed by atoms with van der Waals surface area (Å²) in [6, 6.07) is 9.81. The van der Waals surface area contributed by atoms with E-state index in [0.29, 0.717) is 18.1 Å². The normalized spacial score (nSPS) is 10.2. The number of benzene rings is 1. The quantitative estimate of drug-likeness (QED) is 0.801. The molecule has 2 rings (SSSR count). The fourth-order valence-corrected chi connectivity index (χ4v) is 1.42. The molecule has 5 nitrogen and oxygen atoms in total. The Labute approximate surface area is 92.2 Å². The molecule has 0 radical (unpaired) electrons. The minimum Gasteiger partial charge on any atom is -0.481 e. The van der Waals surface area contributed by atoms with Crippen molar-refractivity contribution in [3.63, 3.8) is 0 Å². The second-order valence-corrected chi connectivity index (χ2v) is 3.43. The number of rotatable bonds is 4. The zero-order chi connectivity index (χ0) is 11.4. The summed E-state index contributed by atoms with van der Waals surface area (Å²) in [7, 11) is 0. The Morgan fingerprint density at radius 3 is 2.75 bits per heavy atom. The molecule has 1 aromatic carbocycles. The molecule has 1 heterocycles. The van der Waals surface area contributed by atoms with Gasteiger partial charge in [-0.05, 0) is 5.56 Å². The van der Waals surface area contributed by atoms with Gasteiger partial charge in [-0.1, -0.05) is 30.3 Å². The Bertz CT molecular complexity index is 479. The van der Waals surface area contributed by atoms with Crippen LogP contribution in [0, 0.1) is 0 Å². The highest BCUT2D eigenvalue weighted by Crippen LogP contribution is 2.05. The smallest absolute Gasteiger partial charge is 0.311 e. The summed E-state index contributed by atoms with van der Waals surface area (Å²) < 4.78 is 0. The highest BCUT2D eigenvalue weighted by Gasteiger charge is 2.07. The van der Waals surface area contributed by atoms with Crippen LogP contribution in [0.5, 0.6) is 0 Å². The minimum atomic E-state index is -0.926. The molecular weight excluding hydrogens is 206 g/mol. The van der Waals surface area contributed by atoms with E-state index < -0.39 is 5.97 Å². The largest absolute Gasteiger partial charge is 0.481 e. The molecule has 0 atom stereocenters. The van der Waals surface area contributed by atoms with Crippen molar-refractivity contribution in [2.24, 2.45) is 0 Å². The Balaban J connectivity index is 2.06. The van der Waals surface area contributed by atoms with Gasteiger partial charge in [0.05, 0.1) is 0 Å². The molecule has 2 aromatic rings. The van der Waals surface area contributed by atoms with Crippen LogP contribution in [0.3, 0.4) is 0 Å². The highest BCUT2D eigenvalue weighted by atomic mass is 16.4. The first-order valence-electron chi connectivity index (χ1n) is 4.90. The number of aromatic nitrogens is 3. The number of aliphatic carboxylic acids is 1. The lowest BCUT2D eigenvalue weighted by Gasteiger charge is -1.95. The monoisotopic (exact) mass is 217 g/mol. The Morgan fingerprint density at radius 2 is 2.06 bits per heavy atom. The lowest BCUT2D eigenvalue weighted by Crippen LogP contribution is -2.01. The summed E-state index contributed by atoms with van der Waals surface area (Å²) in [5, 5.41) is 15.1. The van der Waals surface area contributed by atoms with Crippen LogP contribution in [0.1, 0.15) is 17.2 Å². The molecule has 5 heteroatoms. The molecule has 0 saturated heterocycles. The van der Waals surface area contributed by atoms with Crippen molar-refractivity contribution < 1.29 is 9.90 Å². The Morgan fingerprint density at radius 1 is 1.31 bits per heavy atom. The molecule has 1 aromatic heterocycles. The van der Waals surface area contributed by atoms with Crippen molar-refractivity contribution in [1.29, 1.82) is 0 Å². The van der Waals surface area contributed by atoms with E-state index in [1.54, 1.807) is 0 Å². The zero-order valence-electron chi connectivity index (χ0n) is 8.55. The van der Waals surface area contributed by atoms with Crippen molar-refractivity contribution in [2.75, 3.05) is 0 Å². The van der Waals surface area contributed by atoms with Crippen molar-refractivity contribution in [1.82, 2.24) is 15.2 Å². The first-order valence-corrected chi connectivity index (χ1v) is 4.90. The van der Waals surface area contributed by atoms with Gasteiger partial charge in [-0.2, -0.15) is 5.10 Å². The number of carbonyl (C=O) groups is 1. The van der Waals surface area contributed by atoms with Gasteiger partial charge >= 0.3 is 5.97 Å². The lowest BCUT2D eigenvalue weighted by molar-refractivity contribution is -0.136. The van der Waals surface area contributed by atoms with Gasteiger partial charge in [0.15, 0.2) is 5.82 Å². The maximum absolute atomic E-state index is 10.4. The van der Waals surface area contributed by atoms with E-state index in [2.05, 4.69) is 15.2 Å². The average molecular weight is 217 g/mol. The summed E-state index contributed by atoms with van der Waals surface area (Å²) >= 11 is 0. The molecule has 0 saturated carbocycles. The maximum Gasteiger partial charge on any atom is 0.311 e. The number of nitrogens with one attached hydrogen (secondary N) is 1.